The summed E-state index contributed by atoms with van der Waals surface area (Å²) in [6, 6.07) is -0.922. The van der Waals surface area contributed by atoms with E-state index in [1.165, 1.54) is 46.3 Å². The average molecular weight is 416 g/mol. The quantitative estimate of drug-likeness (QED) is 0.278. The highest BCUT2D eigenvalue weighted by Gasteiger charge is 2.23. The molecule has 0 aromatic heterocycles. The van der Waals surface area contributed by atoms with Crippen LogP contribution in [0.2, 0.25) is 0 Å². The first-order chi connectivity index (χ1) is 13.8. The Kier molecular flexibility index (Phi) is 16.3. The molecule has 0 aromatic rings. The van der Waals surface area contributed by atoms with E-state index in [4.69, 9.17) is 0 Å². The maximum atomic E-state index is 12.1. The normalized spacial score (nSPS) is 13.0. The number of hydrogen-bond donors (Lipinski definition) is 2. The van der Waals surface area contributed by atoms with E-state index in [9.17, 15) is 19.5 Å². The Morgan fingerprint density at radius 3 is 1.90 bits per heavy atom. The van der Waals surface area contributed by atoms with Crippen molar-refractivity contribution in [2.24, 2.45) is 5.92 Å². The number of esters is 2. The Hall–Kier alpha value is -1.63. The molecule has 1 amide bonds. The van der Waals surface area contributed by atoms with Crippen molar-refractivity contribution in [1.82, 2.24) is 5.32 Å². The van der Waals surface area contributed by atoms with Crippen LogP contribution in [0.4, 0.5) is 0 Å². The number of ether oxygens (including phenoxy) is 2. The molecule has 0 heterocycles. The third kappa shape index (κ3) is 15.9. The van der Waals surface area contributed by atoms with Gasteiger partial charge >= 0.3 is 11.9 Å². The van der Waals surface area contributed by atoms with Crippen LogP contribution in [0.15, 0.2) is 0 Å². The summed E-state index contributed by atoms with van der Waals surface area (Å²) in [5.74, 6) is -0.731. The van der Waals surface area contributed by atoms with E-state index in [1.807, 2.05) is 0 Å². The van der Waals surface area contributed by atoms with Crippen LogP contribution in [0.5, 0.6) is 0 Å². The lowest BCUT2D eigenvalue weighted by Crippen LogP contribution is -2.42. The molecule has 0 rings (SSSR count). The number of nitrogens with one attached hydrogen (secondary N) is 1. The minimum Gasteiger partial charge on any atom is -0.469 e. The lowest BCUT2D eigenvalue weighted by Gasteiger charge is -2.17. The lowest BCUT2D eigenvalue weighted by atomic mass is 10.0. The fraction of sp³-hybridized carbons (Fsp3) is 0.864. The van der Waals surface area contributed by atoms with Crippen molar-refractivity contribution in [3.63, 3.8) is 0 Å². The summed E-state index contributed by atoms with van der Waals surface area (Å²) < 4.78 is 9.19. The first-order valence-electron chi connectivity index (χ1n) is 10.9. The highest BCUT2D eigenvalue weighted by Crippen LogP contribution is 2.14. The van der Waals surface area contributed by atoms with E-state index < -0.39 is 30.0 Å². The van der Waals surface area contributed by atoms with Crippen LogP contribution in [-0.2, 0) is 23.9 Å². The number of unbranched alkanes of at least 4 members (excludes halogenated alkanes) is 6. The van der Waals surface area contributed by atoms with Crippen molar-refractivity contribution in [2.45, 2.75) is 103 Å². The molecule has 0 radical (unpaired) electrons. The van der Waals surface area contributed by atoms with Crippen LogP contribution in [0.25, 0.3) is 0 Å². The fourth-order valence-electron chi connectivity index (χ4n) is 3.14. The highest BCUT2D eigenvalue weighted by molar-refractivity contribution is 5.85. The van der Waals surface area contributed by atoms with Crippen molar-refractivity contribution in [2.75, 3.05) is 14.2 Å². The van der Waals surface area contributed by atoms with Crippen LogP contribution in [0, 0.1) is 5.92 Å². The van der Waals surface area contributed by atoms with Crippen LogP contribution < -0.4 is 5.32 Å². The van der Waals surface area contributed by atoms with Gasteiger partial charge in [0.1, 0.15) is 6.04 Å². The third-order valence-corrected chi connectivity index (χ3v) is 4.93. The summed E-state index contributed by atoms with van der Waals surface area (Å²) in [5.41, 5.74) is 0. The summed E-state index contributed by atoms with van der Waals surface area (Å²) >= 11 is 0. The van der Waals surface area contributed by atoms with E-state index in [0.29, 0.717) is 6.42 Å². The van der Waals surface area contributed by atoms with E-state index in [-0.39, 0.29) is 19.3 Å². The standard InChI is InChI=1S/C22H41NO6/c1-17(2)12-10-8-6-5-7-9-11-13-18(24)16-20(25)23-19(22(27)29-4)14-15-21(26)28-3/h17-19,24H,5-16H2,1-4H3,(H,23,25)/t18-,19-/m1/s1. The SMILES string of the molecule is COC(=O)CC[C@@H](NC(=O)C[C@H](O)CCCCCCCCCC(C)C)C(=O)OC. The van der Waals surface area contributed by atoms with Gasteiger partial charge in [-0.15, -0.1) is 0 Å². The van der Waals surface area contributed by atoms with Crippen molar-refractivity contribution in [3.8, 4) is 0 Å². The van der Waals surface area contributed by atoms with Gasteiger partial charge in [-0.2, -0.15) is 0 Å². The van der Waals surface area contributed by atoms with Gasteiger partial charge in [-0.3, -0.25) is 9.59 Å². The molecule has 0 aromatic carbocycles. The first-order valence-corrected chi connectivity index (χ1v) is 10.9. The smallest absolute Gasteiger partial charge is 0.328 e. The van der Waals surface area contributed by atoms with Gasteiger partial charge < -0.3 is 19.9 Å². The van der Waals surface area contributed by atoms with Gasteiger partial charge in [0.05, 0.1) is 26.7 Å². The zero-order valence-electron chi connectivity index (χ0n) is 18.7. The molecule has 0 aliphatic rings. The van der Waals surface area contributed by atoms with Gasteiger partial charge in [0.25, 0.3) is 0 Å². The fourth-order valence-corrected chi connectivity index (χ4v) is 3.14. The minimum absolute atomic E-state index is 0.00340. The largest absolute Gasteiger partial charge is 0.469 e. The number of carbonyl (C=O) groups is 3. The van der Waals surface area contributed by atoms with E-state index in [1.54, 1.807) is 0 Å². The second-order valence-corrected chi connectivity index (χ2v) is 8.06. The Morgan fingerprint density at radius 2 is 1.38 bits per heavy atom. The van der Waals surface area contributed by atoms with E-state index in [0.717, 1.165) is 25.2 Å². The predicted molar refractivity (Wildman–Crippen MR) is 112 cm³/mol. The molecule has 0 saturated heterocycles. The topological polar surface area (TPSA) is 102 Å². The number of amides is 1. The molecule has 0 bridgehead atoms. The molecule has 0 unspecified atom stereocenters. The van der Waals surface area contributed by atoms with Gasteiger partial charge in [0, 0.05) is 6.42 Å². The second kappa shape index (κ2) is 17.2. The van der Waals surface area contributed by atoms with Gasteiger partial charge in [0.15, 0.2) is 0 Å². The average Bonchev–Trinajstić information content (AvgIpc) is 2.68. The molecule has 7 heteroatoms. The molecule has 7 nitrogen and oxygen atoms in total. The number of hydrogen-bond acceptors (Lipinski definition) is 6. The van der Waals surface area contributed by atoms with Crippen molar-refractivity contribution >= 4 is 17.8 Å². The van der Waals surface area contributed by atoms with Crippen molar-refractivity contribution < 1.29 is 29.0 Å². The zero-order valence-corrected chi connectivity index (χ0v) is 18.7. The Balaban J connectivity index is 3.94. The molecule has 2 N–H and O–H groups in total. The summed E-state index contributed by atoms with van der Waals surface area (Å²) in [7, 11) is 2.48. The van der Waals surface area contributed by atoms with Crippen molar-refractivity contribution in [3.05, 3.63) is 0 Å². The Morgan fingerprint density at radius 1 is 0.828 bits per heavy atom. The molecular formula is C22H41NO6. The number of aliphatic hydroxyl groups is 1. The molecule has 2 atom stereocenters. The predicted octanol–water partition coefficient (Wildman–Crippen LogP) is 3.52. The van der Waals surface area contributed by atoms with Crippen LogP contribution in [0.3, 0.4) is 0 Å². The molecule has 0 fully saturated rings. The number of carbonyl (C=O) groups excluding carboxylic acids is 3. The molecule has 170 valence electrons. The maximum absolute atomic E-state index is 12.1. The summed E-state index contributed by atoms with van der Waals surface area (Å²) in [6.45, 7) is 4.51. The summed E-state index contributed by atoms with van der Waals surface area (Å²) in [6.07, 6.45) is 9.30. The Labute approximate surface area is 175 Å². The number of rotatable bonds is 17. The number of methoxy groups -OCH3 is 2. The van der Waals surface area contributed by atoms with E-state index in [2.05, 4.69) is 28.6 Å². The van der Waals surface area contributed by atoms with Crippen LogP contribution in [0.1, 0.15) is 90.9 Å². The lowest BCUT2D eigenvalue weighted by molar-refractivity contribution is -0.146. The highest BCUT2D eigenvalue weighted by atomic mass is 16.5. The van der Waals surface area contributed by atoms with Crippen molar-refractivity contribution in [1.29, 1.82) is 0 Å². The van der Waals surface area contributed by atoms with Crippen LogP contribution in [-0.4, -0.2) is 49.3 Å². The summed E-state index contributed by atoms with van der Waals surface area (Å²) in [4.78, 5) is 35.1. The molecular weight excluding hydrogens is 374 g/mol. The molecule has 0 aliphatic heterocycles. The molecule has 0 aliphatic carbocycles. The van der Waals surface area contributed by atoms with Crippen LogP contribution >= 0.6 is 0 Å². The third-order valence-electron chi connectivity index (χ3n) is 4.93. The number of aliphatic hydroxyl groups excluding tert-OH is 1. The maximum Gasteiger partial charge on any atom is 0.328 e. The van der Waals surface area contributed by atoms with Gasteiger partial charge in [-0.05, 0) is 18.8 Å². The second-order valence-electron chi connectivity index (χ2n) is 8.06. The molecule has 29 heavy (non-hydrogen) atoms. The molecule has 0 spiro atoms. The minimum atomic E-state index is -0.922. The van der Waals surface area contributed by atoms with Gasteiger partial charge in [0.2, 0.25) is 5.91 Å². The summed E-state index contributed by atoms with van der Waals surface area (Å²) in [5, 5.41) is 12.6. The van der Waals surface area contributed by atoms with Gasteiger partial charge in [-0.1, -0.05) is 65.2 Å². The molecule has 0 saturated carbocycles. The van der Waals surface area contributed by atoms with Gasteiger partial charge in [-0.25, -0.2) is 4.79 Å². The van der Waals surface area contributed by atoms with E-state index >= 15 is 0 Å². The monoisotopic (exact) mass is 415 g/mol. The first kappa shape index (κ1) is 27.4. The Bertz CT molecular complexity index is 466. The zero-order chi connectivity index (χ0) is 22.1.